The largest absolute Gasteiger partial charge is 0.481 e. The van der Waals surface area contributed by atoms with Crippen molar-refractivity contribution in [2.45, 2.75) is 5.22 Å². The Bertz CT molecular complexity index is 634. The van der Waals surface area contributed by atoms with Crippen LogP contribution in [0, 0.1) is 0 Å². The van der Waals surface area contributed by atoms with Crippen molar-refractivity contribution in [3.05, 3.63) is 28.7 Å². The Morgan fingerprint density at radius 1 is 1.56 bits per heavy atom. The average molecular weight is 267 g/mol. The number of carboxylic acid groups (broad SMARTS) is 1. The highest BCUT2D eigenvalue weighted by Gasteiger charge is 2.11. The molecule has 0 amide bonds. The number of aliphatic carboxylic acids is 1. The Morgan fingerprint density at radius 2 is 2.33 bits per heavy atom. The van der Waals surface area contributed by atoms with Gasteiger partial charge in [0.1, 0.15) is 5.75 Å². The van der Waals surface area contributed by atoms with Gasteiger partial charge in [-0.05, 0) is 6.07 Å². The first-order chi connectivity index (χ1) is 8.56. The molecule has 0 saturated carbocycles. The van der Waals surface area contributed by atoms with Crippen LogP contribution in [-0.2, 0) is 11.8 Å². The molecule has 2 heterocycles. The number of hydrogen-bond donors (Lipinski definition) is 1. The highest BCUT2D eigenvalue weighted by molar-refractivity contribution is 7.99. The minimum absolute atomic E-state index is 0.155. The average Bonchev–Trinajstić information content (AvgIpc) is 2.79. The molecule has 0 aliphatic carbocycles. The molecule has 2 rings (SSSR count). The first kappa shape index (κ1) is 12.4. The smallest absolute Gasteiger partial charge is 0.314 e. The standard InChI is InChI=1S/C10H9N3O4S/c1-13-3-2-6(4-7(13)14)9-11-12-10(17-9)18-5-8(15)16/h2-4H,5H2,1H3,(H,15,16). The van der Waals surface area contributed by atoms with Gasteiger partial charge in [-0.25, -0.2) is 0 Å². The number of carboxylic acids is 1. The van der Waals surface area contributed by atoms with E-state index in [1.165, 1.54) is 10.6 Å². The Labute approximate surface area is 105 Å². The van der Waals surface area contributed by atoms with Gasteiger partial charge < -0.3 is 14.1 Å². The molecule has 0 aromatic carbocycles. The third kappa shape index (κ3) is 2.77. The molecule has 0 unspecified atom stereocenters. The zero-order valence-electron chi connectivity index (χ0n) is 9.36. The van der Waals surface area contributed by atoms with E-state index in [2.05, 4.69) is 10.2 Å². The van der Waals surface area contributed by atoms with Crippen LogP contribution >= 0.6 is 11.8 Å². The lowest BCUT2D eigenvalue weighted by Crippen LogP contribution is -2.14. The lowest BCUT2D eigenvalue weighted by molar-refractivity contribution is -0.133. The maximum atomic E-state index is 11.4. The number of carbonyl (C=O) groups is 1. The molecule has 0 aliphatic rings. The van der Waals surface area contributed by atoms with Crippen LogP contribution in [-0.4, -0.2) is 31.6 Å². The van der Waals surface area contributed by atoms with Crippen LogP contribution in [0.5, 0.6) is 0 Å². The number of pyridine rings is 1. The van der Waals surface area contributed by atoms with Crippen molar-refractivity contribution in [3.8, 4) is 11.5 Å². The van der Waals surface area contributed by atoms with Gasteiger partial charge in [-0.2, -0.15) is 0 Å². The third-order valence-electron chi connectivity index (χ3n) is 2.08. The molecule has 18 heavy (non-hydrogen) atoms. The summed E-state index contributed by atoms with van der Waals surface area (Å²) in [6, 6.07) is 3.04. The summed E-state index contributed by atoms with van der Waals surface area (Å²) in [5.41, 5.74) is 0.318. The molecule has 7 nitrogen and oxygen atoms in total. The molecule has 0 aliphatic heterocycles. The van der Waals surface area contributed by atoms with Crippen LogP contribution in [0.4, 0.5) is 0 Å². The molecule has 0 radical (unpaired) electrons. The SMILES string of the molecule is Cn1ccc(-c2nnc(SCC(=O)O)o2)cc1=O. The summed E-state index contributed by atoms with van der Waals surface area (Å²) in [5, 5.41) is 16.1. The van der Waals surface area contributed by atoms with Gasteiger partial charge in [-0.1, -0.05) is 11.8 Å². The van der Waals surface area contributed by atoms with Crippen LogP contribution in [0.25, 0.3) is 11.5 Å². The Balaban J connectivity index is 2.21. The van der Waals surface area contributed by atoms with E-state index in [1.807, 2.05) is 0 Å². The molecule has 94 valence electrons. The fourth-order valence-corrected chi connectivity index (χ4v) is 1.67. The molecule has 0 bridgehead atoms. The van der Waals surface area contributed by atoms with Crippen molar-refractivity contribution in [2.24, 2.45) is 7.05 Å². The highest BCUT2D eigenvalue weighted by Crippen LogP contribution is 2.21. The molecule has 0 spiro atoms. The number of thioether (sulfide) groups is 1. The Morgan fingerprint density at radius 3 is 3.00 bits per heavy atom. The van der Waals surface area contributed by atoms with E-state index in [0.717, 1.165) is 11.8 Å². The van der Waals surface area contributed by atoms with Crippen LogP contribution in [0.3, 0.4) is 0 Å². The molecule has 0 saturated heterocycles. The quantitative estimate of drug-likeness (QED) is 0.810. The number of aromatic nitrogens is 3. The second-order valence-electron chi connectivity index (χ2n) is 3.42. The second-order valence-corrected chi connectivity index (χ2v) is 4.35. The van der Waals surface area contributed by atoms with Crippen LogP contribution < -0.4 is 5.56 Å². The Hall–Kier alpha value is -2.09. The zero-order chi connectivity index (χ0) is 13.1. The topological polar surface area (TPSA) is 98.2 Å². The number of rotatable bonds is 4. The summed E-state index contributed by atoms with van der Waals surface area (Å²) < 4.78 is 6.66. The van der Waals surface area contributed by atoms with Gasteiger partial charge in [0, 0.05) is 24.9 Å². The Kier molecular flexibility index (Phi) is 3.47. The van der Waals surface area contributed by atoms with Gasteiger partial charge >= 0.3 is 5.97 Å². The summed E-state index contributed by atoms with van der Waals surface area (Å²) >= 11 is 0.928. The van der Waals surface area contributed by atoms with E-state index >= 15 is 0 Å². The van der Waals surface area contributed by atoms with E-state index in [-0.39, 0.29) is 22.4 Å². The number of nitrogens with zero attached hydrogens (tertiary/aromatic N) is 3. The van der Waals surface area contributed by atoms with Gasteiger partial charge in [0.15, 0.2) is 0 Å². The highest BCUT2D eigenvalue weighted by atomic mass is 32.2. The molecule has 0 fully saturated rings. The van der Waals surface area contributed by atoms with E-state index in [1.54, 1.807) is 19.3 Å². The van der Waals surface area contributed by atoms with Crippen LogP contribution in [0.2, 0.25) is 0 Å². The van der Waals surface area contributed by atoms with Gasteiger partial charge in [-0.15, -0.1) is 10.2 Å². The molecular formula is C10H9N3O4S. The normalized spacial score (nSPS) is 10.5. The molecule has 2 aromatic heterocycles. The summed E-state index contributed by atoms with van der Waals surface area (Å²) in [4.78, 5) is 21.8. The molecule has 8 heteroatoms. The van der Waals surface area contributed by atoms with Crippen molar-refractivity contribution < 1.29 is 14.3 Å². The van der Waals surface area contributed by atoms with Crippen LogP contribution in [0.1, 0.15) is 0 Å². The summed E-state index contributed by atoms with van der Waals surface area (Å²) in [6.45, 7) is 0. The maximum Gasteiger partial charge on any atom is 0.314 e. The molecule has 2 aromatic rings. The predicted molar refractivity (Wildman–Crippen MR) is 63.3 cm³/mol. The molecular weight excluding hydrogens is 258 g/mol. The van der Waals surface area contributed by atoms with Crippen molar-refractivity contribution >= 4 is 17.7 Å². The summed E-state index contributed by atoms with van der Waals surface area (Å²) in [7, 11) is 1.63. The summed E-state index contributed by atoms with van der Waals surface area (Å²) in [5.74, 6) is -0.924. The molecule has 0 atom stereocenters. The van der Waals surface area contributed by atoms with E-state index in [0.29, 0.717) is 5.56 Å². The first-order valence-electron chi connectivity index (χ1n) is 4.91. The van der Waals surface area contributed by atoms with Crippen LogP contribution in [0.15, 0.2) is 32.8 Å². The van der Waals surface area contributed by atoms with Gasteiger partial charge in [0.25, 0.3) is 10.8 Å². The first-order valence-corrected chi connectivity index (χ1v) is 5.90. The minimum Gasteiger partial charge on any atom is -0.481 e. The maximum absolute atomic E-state index is 11.4. The van der Waals surface area contributed by atoms with E-state index in [9.17, 15) is 9.59 Å². The molecule has 1 N–H and O–H groups in total. The fraction of sp³-hybridized carbons (Fsp3) is 0.200. The third-order valence-corrected chi connectivity index (χ3v) is 2.88. The second kappa shape index (κ2) is 5.05. The lowest BCUT2D eigenvalue weighted by Gasteiger charge is -1.97. The van der Waals surface area contributed by atoms with Gasteiger partial charge in [0.05, 0.1) is 0 Å². The predicted octanol–water partition coefficient (Wildman–Crippen LogP) is 0.612. The van der Waals surface area contributed by atoms with Crippen molar-refractivity contribution in [1.29, 1.82) is 0 Å². The fourth-order valence-electron chi connectivity index (χ4n) is 1.19. The minimum atomic E-state index is -0.965. The monoisotopic (exact) mass is 267 g/mol. The van der Waals surface area contributed by atoms with Gasteiger partial charge in [0.2, 0.25) is 5.89 Å². The number of hydrogen-bond acceptors (Lipinski definition) is 6. The van der Waals surface area contributed by atoms with Crippen molar-refractivity contribution in [3.63, 3.8) is 0 Å². The van der Waals surface area contributed by atoms with Crippen molar-refractivity contribution in [1.82, 2.24) is 14.8 Å². The number of aryl methyl sites for hydroxylation is 1. The van der Waals surface area contributed by atoms with Crippen molar-refractivity contribution in [2.75, 3.05) is 5.75 Å². The van der Waals surface area contributed by atoms with E-state index in [4.69, 9.17) is 9.52 Å². The van der Waals surface area contributed by atoms with E-state index < -0.39 is 5.97 Å². The summed E-state index contributed by atoms with van der Waals surface area (Å²) in [6.07, 6.45) is 1.59. The zero-order valence-corrected chi connectivity index (χ0v) is 10.2. The van der Waals surface area contributed by atoms with Gasteiger partial charge in [-0.3, -0.25) is 9.59 Å². The lowest BCUT2D eigenvalue weighted by atomic mass is 10.3.